The van der Waals surface area contributed by atoms with Gasteiger partial charge in [-0.1, -0.05) is 6.07 Å². The van der Waals surface area contributed by atoms with Crippen molar-refractivity contribution in [1.82, 2.24) is 10.3 Å². The Morgan fingerprint density at radius 3 is 2.37 bits per heavy atom. The Kier molecular flexibility index (Phi) is 5.68. The zero-order valence-corrected chi connectivity index (χ0v) is 14.1. The lowest BCUT2D eigenvalue weighted by atomic mass is 10.2. The molecule has 0 atom stereocenters. The highest BCUT2D eigenvalue weighted by Crippen LogP contribution is 2.34. The lowest BCUT2D eigenvalue weighted by Gasteiger charge is -2.19. The van der Waals surface area contributed by atoms with Crippen molar-refractivity contribution in [1.29, 1.82) is 0 Å². The summed E-state index contributed by atoms with van der Waals surface area (Å²) < 4.78 is 88.6. The molecule has 1 aromatic heterocycles. The molecule has 0 aliphatic heterocycles. The molecule has 1 heterocycles. The van der Waals surface area contributed by atoms with Gasteiger partial charge in [0.1, 0.15) is 4.90 Å². The molecule has 12 heteroatoms. The first kappa shape index (κ1) is 20.6. The van der Waals surface area contributed by atoms with E-state index >= 15 is 0 Å². The number of hydrogen-bond donors (Lipinski definition) is 2. The van der Waals surface area contributed by atoms with Gasteiger partial charge in [-0.3, -0.25) is 14.5 Å². The van der Waals surface area contributed by atoms with Gasteiger partial charge in [0.25, 0.3) is 15.9 Å². The molecule has 6 nitrogen and oxygen atoms in total. The molecule has 0 unspecified atom stereocenters. The van der Waals surface area contributed by atoms with Gasteiger partial charge in [-0.2, -0.15) is 22.0 Å². The lowest BCUT2D eigenvalue weighted by Crippen LogP contribution is -2.46. The van der Waals surface area contributed by atoms with Crippen molar-refractivity contribution >= 4 is 21.6 Å². The second-order valence-corrected chi connectivity index (χ2v) is 6.94. The van der Waals surface area contributed by atoms with Gasteiger partial charge < -0.3 is 5.32 Å². The van der Waals surface area contributed by atoms with Gasteiger partial charge >= 0.3 is 12.1 Å². The van der Waals surface area contributed by atoms with E-state index in [1.807, 2.05) is 0 Å². The molecule has 146 valence electrons. The number of rotatable bonds is 6. The maximum Gasteiger partial charge on any atom is 0.455 e. The van der Waals surface area contributed by atoms with Crippen molar-refractivity contribution in [3.05, 3.63) is 54.4 Å². The highest BCUT2D eigenvalue weighted by Gasteiger charge is 2.57. The van der Waals surface area contributed by atoms with Crippen LogP contribution in [-0.4, -0.2) is 38.0 Å². The standard InChI is InChI=1S/C15H12F5N3O3S/c16-14(17,15(18,19)20)9-22-13(24)10-3-1-4-11(7-10)23-27(25,26)12-5-2-6-21-8-12/h1-8,23H,9H2,(H,22,24). The predicted octanol–water partition coefficient (Wildman–Crippen LogP) is 2.81. The molecule has 0 aliphatic carbocycles. The van der Waals surface area contributed by atoms with Gasteiger partial charge in [-0.25, -0.2) is 8.42 Å². The third kappa shape index (κ3) is 5.12. The molecule has 0 radical (unpaired) electrons. The Balaban J connectivity index is 2.12. The van der Waals surface area contributed by atoms with Gasteiger partial charge in [0.2, 0.25) is 0 Å². The average molecular weight is 409 g/mol. The van der Waals surface area contributed by atoms with Gasteiger partial charge in [0.05, 0.1) is 6.54 Å². The summed E-state index contributed by atoms with van der Waals surface area (Å²) in [4.78, 5) is 15.3. The number of aromatic nitrogens is 1. The van der Waals surface area contributed by atoms with E-state index in [1.165, 1.54) is 35.8 Å². The van der Waals surface area contributed by atoms with Crippen LogP contribution in [0.25, 0.3) is 0 Å². The summed E-state index contributed by atoms with van der Waals surface area (Å²) in [7, 11) is -4.02. The summed E-state index contributed by atoms with van der Waals surface area (Å²) in [5.74, 6) is -6.32. The monoisotopic (exact) mass is 409 g/mol. The molecule has 2 rings (SSSR count). The molecular weight excluding hydrogens is 397 g/mol. The minimum absolute atomic E-state index is 0.0888. The fourth-order valence-corrected chi connectivity index (χ4v) is 2.85. The van der Waals surface area contributed by atoms with Crippen LogP contribution in [0.2, 0.25) is 0 Å². The van der Waals surface area contributed by atoms with Gasteiger partial charge in [0.15, 0.2) is 0 Å². The van der Waals surface area contributed by atoms with E-state index in [4.69, 9.17) is 0 Å². The fraction of sp³-hybridized carbons (Fsp3) is 0.200. The summed E-state index contributed by atoms with van der Waals surface area (Å²) in [5.41, 5.74) is -0.395. The molecule has 0 saturated carbocycles. The molecule has 1 amide bonds. The number of alkyl halides is 5. The Bertz CT molecular complexity index is 918. The number of carbonyl (C=O) groups excluding carboxylic acids is 1. The normalized spacial score (nSPS) is 12.5. The highest BCUT2D eigenvalue weighted by atomic mass is 32.2. The number of pyridine rings is 1. The van der Waals surface area contributed by atoms with Crippen molar-refractivity contribution in [3.63, 3.8) is 0 Å². The fourth-order valence-electron chi connectivity index (χ4n) is 1.84. The zero-order valence-electron chi connectivity index (χ0n) is 13.3. The third-order valence-electron chi connectivity index (χ3n) is 3.21. The SMILES string of the molecule is O=C(NCC(F)(F)C(F)(F)F)c1cccc(NS(=O)(=O)c2cccnc2)c1. The largest absolute Gasteiger partial charge is 0.455 e. The number of benzene rings is 1. The maximum absolute atomic E-state index is 12.9. The van der Waals surface area contributed by atoms with E-state index in [-0.39, 0.29) is 16.1 Å². The van der Waals surface area contributed by atoms with Crippen LogP contribution in [0.3, 0.4) is 0 Å². The van der Waals surface area contributed by atoms with Crippen molar-refractivity contribution in [2.24, 2.45) is 0 Å². The summed E-state index contributed by atoms with van der Waals surface area (Å²) in [6, 6.07) is 7.29. The van der Waals surface area contributed by atoms with Crippen LogP contribution >= 0.6 is 0 Å². The number of hydrogen-bond acceptors (Lipinski definition) is 4. The third-order valence-corrected chi connectivity index (χ3v) is 4.57. The van der Waals surface area contributed by atoms with E-state index in [1.54, 1.807) is 0 Å². The van der Waals surface area contributed by atoms with Crippen molar-refractivity contribution in [2.75, 3.05) is 11.3 Å². The smallest absolute Gasteiger partial charge is 0.346 e. The first-order valence-corrected chi connectivity index (χ1v) is 8.66. The molecule has 1 aromatic carbocycles. The molecule has 0 fully saturated rings. The molecule has 0 aliphatic rings. The summed E-state index contributed by atoms with van der Waals surface area (Å²) in [6.45, 7) is -1.94. The number of nitrogens with zero attached hydrogens (tertiary/aromatic N) is 1. The van der Waals surface area contributed by atoms with Crippen LogP contribution in [-0.2, 0) is 10.0 Å². The molecule has 27 heavy (non-hydrogen) atoms. The maximum atomic E-state index is 12.9. The summed E-state index contributed by atoms with van der Waals surface area (Å²) in [5, 5.41) is 1.47. The molecule has 0 bridgehead atoms. The van der Waals surface area contributed by atoms with Crippen LogP contribution in [0.15, 0.2) is 53.7 Å². The van der Waals surface area contributed by atoms with Gasteiger partial charge in [-0.05, 0) is 30.3 Å². The lowest BCUT2D eigenvalue weighted by molar-refractivity contribution is -0.278. The van der Waals surface area contributed by atoms with Crippen LogP contribution in [0.5, 0.6) is 0 Å². The number of halogens is 5. The molecule has 0 spiro atoms. The topological polar surface area (TPSA) is 88.2 Å². The average Bonchev–Trinajstić information content (AvgIpc) is 2.59. The van der Waals surface area contributed by atoms with Crippen molar-refractivity contribution < 1.29 is 35.2 Å². The number of sulfonamides is 1. The number of anilines is 1. The van der Waals surface area contributed by atoms with E-state index in [0.29, 0.717) is 0 Å². The minimum Gasteiger partial charge on any atom is -0.346 e. The van der Waals surface area contributed by atoms with Crippen LogP contribution in [0.1, 0.15) is 10.4 Å². The summed E-state index contributed by atoms with van der Waals surface area (Å²) in [6.07, 6.45) is -3.36. The second-order valence-electron chi connectivity index (χ2n) is 5.26. The van der Waals surface area contributed by atoms with E-state index in [2.05, 4.69) is 9.71 Å². The Hall–Kier alpha value is -2.76. The molecule has 2 N–H and O–H groups in total. The first-order valence-electron chi connectivity index (χ1n) is 7.18. The zero-order chi connectivity index (χ0) is 20.3. The van der Waals surface area contributed by atoms with Crippen LogP contribution in [0, 0.1) is 0 Å². The number of carbonyl (C=O) groups is 1. The quantitative estimate of drug-likeness (QED) is 0.719. The number of nitrogens with one attached hydrogen (secondary N) is 2. The van der Waals surface area contributed by atoms with Crippen molar-refractivity contribution in [3.8, 4) is 0 Å². The van der Waals surface area contributed by atoms with E-state index < -0.39 is 34.6 Å². The molecule has 0 saturated heterocycles. The van der Waals surface area contributed by atoms with E-state index in [9.17, 15) is 35.2 Å². The molecule has 2 aromatic rings. The predicted molar refractivity (Wildman–Crippen MR) is 84.8 cm³/mol. The van der Waals surface area contributed by atoms with Gasteiger partial charge in [-0.15, -0.1) is 0 Å². The Labute approximate surface area is 150 Å². The van der Waals surface area contributed by atoms with Crippen LogP contribution in [0.4, 0.5) is 27.6 Å². The molecular formula is C15H12F5N3O3S. The highest BCUT2D eigenvalue weighted by molar-refractivity contribution is 7.92. The number of amides is 1. The second kappa shape index (κ2) is 7.47. The first-order chi connectivity index (χ1) is 12.4. The van der Waals surface area contributed by atoms with E-state index in [0.717, 1.165) is 18.3 Å². The van der Waals surface area contributed by atoms with Gasteiger partial charge in [0, 0.05) is 23.6 Å². The van der Waals surface area contributed by atoms with Crippen LogP contribution < -0.4 is 10.0 Å². The minimum atomic E-state index is -5.80. The summed E-state index contributed by atoms with van der Waals surface area (Å²) >= 11 is 0. The van der Waals surface area contributed by atoms with Crippen molar-refractivity contribution in [2.45, 2.75) is 17.0 Å². The Morgan fingerprint density at radius 1 is 1.07 bits per heavy atom. The Morgan fingerprint density at radius 2 is 1.78 bits per heavy atom.